The van der Waals surface area contributed by atoms with Crippen LogP contribution >= 0.6 is 0 Å². The third kappa shape index (κ3) is 4.95. The van der Waals surface area contributed by atoms with Gasteiger partial charge in [-0.3, -0.25) is 4.79 Å². The van der Waals surface area contributed by atoms with Crippen LogP contribution in [-0.2, 0) is 6.61 Å². The highest BCUT2D eigenvalue weighted by Gasteiger charge is 2.04. The first-order chi connectivity index (χ1) is 12.7. The highest BCUT2D eigenvalue weighted by atomic mass is 16.5. The number of hydrogen-bond donors (Lipinski definition) is 2. The zero-order valence-corrected chi connectivity index (χ0v) is 14.0. The standard InChI is InChI=1S/C21H18N2O3/c24-19-10-5-9-18(13-19)21(25)23-22-14-17-8-4-11-20(12-17)26-15-16-6-2-1-3-7-16/h1-14,24H,15H2,(H,23,25)/b22-14-. The van der Waals surface area contributed by atoms with Crippen molar-refractivity contribution in [2.45, 2.75) is 6.61 Å². The Hall–Kier alpha value is -3.60. The number of hydrazone groups is 1. The highest BCUT2D eigenvalue weighted by Crippen LogP contribution is 2.14. The Labute approximate surface area is 151 Å². The Morgan fingerprint density at radius 3 is 2.62 bits per heavy atom. The molecule has 0 bridgehead atoms. The molecule has 3 aromatic rings. The lowest BCUT2D eigenvalue weighted by Crippen LogP contribution is -2.17. The molecule has 3 rings (SSSR count). The van der Waals surface area contributed by atoms with Gasteiger partial charge in [-0.15, -0.1) is 0 Å². The second-order valence-electron chi connectivity index (χ2n) is 5.60. The van der Waals surface area contributed by atoms with Crippen molar-refractivity contribution in [1.82, 2.24) is 5.43 Å². The highest BCUT2D eigenvalue weighted by molar-refractivity contribution is 5.95. The van der Waals surface area contributed by atoms with E-state index in [-0.39, 0.29) is 5.75 Å². The number of carbonyl (C=O) groups is 1. The lowest BCUT2D eigenvalue weighted by atomic mass is 10.2. The van der Waals surface area contributed by atoms with E-state index in [0.717, 1.165) is 16.9 Å². The fourth-order valence-corrected chi connectivity index (χ4v) is 2.30. The molecule has 5 heteroatoms. The van der Waals surface area contributed by atoms with Crippen LogP contribution in [0.4, 0.5) is 0 Å². The molecule has 3 aromatic carbocycles. The number of hydrogen-bond acceptors (Lipinski definition) is 4. The lowest BCUT2D eigenvalue weighted by molar-refractivity contribution is 0.0954. The number of carbonyl (C=O) groups excluding carboxylic acids is 1. The number of phenolic OH excluding ortho intramolecular Hbond substituents is 1. The Morgan fingerprint density at radius 1 is 1.00 bits per heavy atom. The quantitative estimate of drug-likeness (QED) is 0.528. The molecule has 0 aliphatic rings. The molecule has 0 aliphatic heterocycles. The first-order valence-corrected chi connectivity index (χ1v) is 8.10. The van der Waals surface area contributed by atoms with E-state index in [9.17, 15) is 9.90 Å². The summed E-state index contributed by atoms with van der Waals surface area (Å²) in [5.41, 5.74) is 4.65. The Bertz CT molecular complexity index is 908. The lowest BCUT2D eigenvalue weighted by Gasteiger charge is -2.06. The van der Waals surface area contributed by atoms with E-state index in [4.69, 9.17) is 4.74 Å². The smallest absolute Gasteiger partial charge is 0.271 e. The topological polar surface area (TPSA) is 70.9 Å². The van der Waals surface area contributed by atoms with Crippen LogP contribution in [0.25, 0.3) is 0 Å². The van der Waals surface area contributed by atoms with Gasteiger partial charge in [-0.05, 0) is 41.5 Å². The Kier molecular flexibility index (Phi) is 5.62. The molecule has 2 N–H and O–H groups in total. The van der Waals surface area contributed by atoms with Crippen molar-refractivity contribution in [3.05, 3.63) is 95.6 Å². The molecule has 26 heavy (non-hydrogen) atoms. The van der Waals surface area contributed by atoms with Crippen LogP contribution < -0.4 is 10.2 Å². The maximum absolute atomic E-state index is 12.0. The van der Waals surface area contributed by atoms with Gasteiger partial charge in [0.25, 0.3) is 5.91 Å². The van der Waals surface area contributed by atoms with Crippen LogP contribution in [0.2, 0.25) is 0 Å². The van der Waals surface area contributed by atoms with Crippen LogP contribution in [-0.4, -0.2) is 17.2 Å². The number of rotatable bonds is 6. The van der Waals surface area contributed by atoms with Crippen molar-refractivity contribution in [1.29, 1.82) is 0 Å². The molecule has 0 aliphatic carbocycles. The molecule has 0 saturated heterocycles. The van der Waals surface area contributed by atoms with Crippen molar-refractivity contribution in [3.63, 3.8) is 0 Å². The van der Waals surface area contributed by atoms with Gasteiger partial charge in [0, 0.05) is 5.56 Å². The minimum atomic E-state index is -0.395. The number of nitrogens with zero attached hydrogens (tertiary/aromatic N) is 1. The minimum Gasteiger partial charge on any atom is -0.508 e. The normalized spacial score (nSPS) is 10.6. The van der Waals surface area contributed by atoms with E-state index in [1.165, 1.54) is 18.3 Å². The summed E-state index contributed by atoms with van der Waals surface area (Å²) in [7, 11) is 0. The van der Waals surface area contributed by atoms with Crippen molar-refractivity contribution in [2.75, 3.05) is 0 Å². The molecule has 0 spiro atoms. The molecule has 0 aromatic heterocycles. The summed E-state index contributed by atoms with van der Waals surface area (Å²) in [5, 5.41) is 13.3. The van der Waals surface area contributed by atoms with Gasteiger partial charge in [-0.2, -0.15) is 5.10 Å². The van der Waals surface area contributed by atoms with Gasteiger partial charge >= 0.3 is 0 Å². The number of phenols is 1. The monoisotopic (exact) mass is 346 g/mol. The zero-order chi connectivity index (χ0) is 18.2. The van der Waals surface area contributed by atoms with Gasteiger partial charge in [0.2, 0.25) is 0 Å². The fraction of sp³-hybridized carbons (Fsp3) is 0.0476. The summed E-state index contributed by atoms with van der Waals surface area (Å²) < 4.78 is 5.77. The average molecular weight is 346 g/mol. The molecule has 130 valence electrons. The molecule has 0 radical (unpaired) electrons. The maximum Gasteiger partial charge on any atom is 0.271 e. The number of nitrogens with one attached hydrogen (secondary N) is 1. The largest absolute Gasteiger partial charge is 0.508 e. The van der Waals surface area contributed by atoms with E-state index in [0.29, 0.717) is 12.2 Å². The summed E-state index contributed by atoms with van der Waals surface area (Å²) >= 11 is 0. The van der Waals surface area contributed by atoms with Crippen molar-refractivity contribution in [2.24, 2.45) is 5.10 Å². The summed E-state index contributed by atoms with van der Waals surface area (Å²) in [5.74, 6) is 0.357. The predicted octanol–water partition coefficient (Wildman–Crippen LogP) is 3.74. The van der Waals surface area contributed by atoms with Crippen molar-refractivity contribution in [3.8, 4) is 11.5 Å². The van der Waals surface area contributed by atoms with Gasteiger partial charge in [-0.1, -0.05) is 48.5 Å². The van der Waals surface area contributed by atoms with Crippen LogP contribution in [0.3, 0.4) is 0 Å². The average Bonchev–Trinajstić information content (AvgIpc) is 2.67. The van der Waals surface area contributed by atoms with E-state index >= 15 is 0 Å². The third-order valence-corrected chi connectivity index (χ3v) is 3.59. The summed E-state index contributed by atoms with van der Waals surface area (Å²) in [6.45, 7) is 0.482. The van der Waals surface area contributed by atoms with Crippen LogP contribution in [0.15, 0.2) is 84.0 Å². The van der Waals surface area contributed by atoms with Gasteiger partial charge in [0.15, 0.2) is 0 Å². The van der Waals surface area contributed by atoms with Crippen LogP contribution in [0.5, 0.6) is 11.5 Å². The van der Waals surface area contributed by atoms with Gasteiger partial charge in [0.1, 0.15) is 18.1 Å². The van der Waals surface area contributed by atoms with E-state index in [2.05, 4.69) is 10.5 Å². The molecule has 1 amide bonds. The molecule has 0 fully saturated rings. The molecule has 0 unspecified atom stereocenters. The molecule has 5 nitrogen and oxygen atoms in total. The van der Waals surface area contributed by atoms with E-state index in [1.54, 1.807) is 12.1 Å². The summed E-state index contributed by atoms with van der Waals surface area (Å²) in [6.07, 6.45) is 1.54. The van der Waals surface area contributed by atoms with Crippen LogP contribution in [0, 0.1) is 0 Å². The second kappa shape index (κ2) is 8.48. The third-order valence-electron chi connectivity index (χ3n) is 3.59. The summed E-state index contributed by atoms with van der Waals surface area (Å²) in [6, 6.07) is 23.4. The summed E-state index contributed by atoms with van der Waals surface area (Å²) in [4.78, 5) is 12.0. The predicted molar refractivity (Wildman–Crippen MR) is 100 cm³/mol. The Morgan fingerprint density at radius 2 is 1.81 bits per heavy atom. The zero-order valence-electron chi connectivity index (χ0n) is 14.0. The van der Waals surface area contributed by atoms with Crippen LogP contribution in [0.1, 0.15) is 21.5 Å². The van der Waals surface area contributed by atoms with Gasteiger partial charge in [-0.25, -0.2) is 5.43 Å². The fourth-order valence-electron chi connectivity index (χ4n) is 2.30. The first kappa shape index (κ1) is 17.2. The molecular formula is C21H18N2O3. The molecule has 0 atom stereocenters. The molecular weight excluding hydrogens is 328 g/mol. The Balaban J connectivity index is 1.57. The second-order valence-corrected chi connectivity index (χ2v) is 5.60. The molecule has 0 saturated carbocycles. The maximum atomic E-state index is 12.0. The number of amides is 1. The SMILES string of the molecule is O=C(N/N=C\c1cccc(OCc2ccccc2)c1)c1cccc(O)c1. The minimum absolute atomic E-state index is 0.0323. The number of benzene rings is 3. The van der Waals surface area contributed by atoms with Gasteiger partial charge in [0.05, 0.1) is 6.21 Å². The van der Waals surface area contributed by atoms with Crippen molar-refractivity contribution >= 4 is 12.1 Å². The van der Waals surface area contributed by atoms with Crippen molar-refractivity contribution < 1.29 is 14.6 Å². The number of aromatic hydroxyl groups is 1. The molecule has 0 heterocycles. The van der Waals surface area contributed by atoms with Gasteiger partial charge < -0.3 is 9.84 Å². The number of ether oxygens (including phenoxy) is 1. The first-order valence-electron chi connectivity index (χ1n) is 8.10. The van der Waals surface area contributed by atoms with E-state index in [1.807, 2.05) is 54.6 Å². The van der Waals surface area contributed by atoms with E-state index < -0.39 is 5.91 Å².